The van der Waals surface area contributed by atoms with E-state index >= 15 is 0 Å². The van der Waals surface area contributed by atoms with Gasteiger partial charge in [0.1, 0.15) is 5.75 Å². The predicted molar refractivity (Wildman–Crippen MR) is 129 cm³/mol. The van der Waals surface area contributed by atoms with Crippen LogP contribution in [0.2, 0.25) is 0 Å². The minimum Gasteiger partial charge on any atom is -0.494 e. The number of para-hydroxylation sites is 1. The van der Waals surface area contributed by atoms with E-state index in [9.17, 15) is 4.79 Å². The highest BCUT2D eigenvalue weighted by Gasteiger charge is 2.28. The van der Waals surface area contributed by atoms with Crippen molar-refractivity contribution < 1.29 is 9.53 Å². The summed E-state index contributed by atoms with van der Waals surface area (Å²) in [5.74, 6) is 1.03. The number of piperidine rings is 1. The zero-order valence-electron chi connectivity index (χ0n) is 19.2. The largest absolute Gasteiger partial charge is 0.494 e. The number of amides is 1. The number of likely N-dealkylation sites (tertiary alicyclic amines) is 1. The Morgan fingerprint density at radius 1 is 1.09 bits per heavy atom. The molecule has 0 bridgehead atoms. The third kappa shape index (κ3) is 6.39. The van der Waals surface area contributed by atoms with Crippen LogP contribution in [-0.4, -0.2) is 47.0 Å². The number of carbonyl (C=O) groups excluding carboxylic acids is 1. The van der Waals surface area contributed by atoms with Gasteiger partial charge in [-0.05, 0) is 62.5 Å². The number of rotatable bonds is 9. The normalized spacial score (nSPS) is 15.7. The number of nitrogens with one attached hydrogen (secondary N) is 1. The standard InChI is InChI=1S/C27H32N4O2/c1-21-8-5-6-11-24(21)26(25-20-28-14-15-29-25)30-27(32)22-12-17-31(18-13-22)16-7-19-33-23-9-3-2-4-10-23/h2-6,8-11,14-15,20,22,26H,7,12-13,16-19H2,1H3,(H,30,32). The summed E-state index contributed by atoms with van der Waals surface area (Å²) in [6.07, 6.45) is 7.78. The van der Waals surface area contributed by atoms with Crippen molar-refractivity contribution in [2.24, 2.45) is 5.92 Å². The number of hydrogen-bond donors (Lipinski definition) is 1. The summed E-state index contributed by atoms with van der Waals surface area (Å²) in [4.78, 5) is 24.3. The second-order valence-electron chi connectivity index (χ2n) is 8.56. The predicted octanol–water partition coefficient (Wildman–Crippen LogP) is 4.17. The first-order chi connectivity index (χ1) is 16.2. The van der Waals surface area contributed by atoms with Gasteiger partial charge < -0.3 is 15.0 Å². The zero-order chi connectivity index (χ0) is 22.9. The molecule has 1 aromatic heterocycles. The number of carbonyl (C=O) groups is 1. The quantitative estimate of drug-likeness (QED) is 0.502. The molecule has 4 rings (SSSR count). The van der Waals surface area contributed by atoms with Crippen molar-refractivity contribution in [1.82, 2.24) is 20.2 Å². The molecular weight excluding hydrogens is 412 g/mol. The summed E-state index contributed by atoms with van der Waals surface area (Å²) in [6, 6.07) is 17.7. The second kappa shape index (κ2) is 11.6. The molecular formula is C27H32N4O2. The van der Waals surface area contributed by atoms with E-state index in [0.717, 1.165) is 61.5 Å². The molecule has 6 heteroatoms. The Balaban J connectivity index is 1.28. The van der Waals surface area contributed by atoms with Gasteiger partial charge in [0.2, 0.25) is 5.91 Å². The first kappa shape index (κ1) is 22.9. The van der Waals surface area contributed by atoms with Crippen LogP contribution >= 0.6 is 0 Å². The van der Waals surface area contributed by atoms with Crippen molar-refractivity contribution in [2.45, 2.75) is 32.2 Å². The summed E-state index contributed by atoms with van der Waals surface area (Å²) in [5, 5.41) is 3.27. The van der Waals surface area contributed by atoms with E-state index in [-0.39, 0.29) is 17.9 Å². The van der Waals surface area contributed by atoms with Gasteiger partial charge in [-0.1, -0.05) is 42.5 Å². The Bertz CT molecular complexity index is 1000. The molecule has 2 heterocycles. The van der Waals surface area contributed by atoms with E-state index in [1.54, 1.807) is 18.6 Å². The summed E-state index contributed by atoms with van der Waals surface area (Å²) in [7, 11) is 0. The molecule has 3 aromatic rings. The maximum Gasteiger partial charge on any atom is 0.224 e. The molecule has 0 radical (unpaired) electrons. The molecule has 33 heavy (non-hydrogen) atoms. The van der Waals surface area contributed by atoms with E-state index in [4.69, 9.17) is 4.74 Å². The lowest BCUT2D eigenvalue weighted by Gasteiger charge is -2.32. The summed E-state index contributed by atoms with van der Waals surface area (Å²) in [5.41, 5.74) is 2.94. The fraction of sp³-hybridized carbons (Fsp3) is 0.370. The molecule has 1 amide bonds. The minimum absolute atomic E-state index is 0.0185. The fourth-order valence-corrected chi connectivity index (χ4v) is 4.36. The highest BCUT2D eigenvalue weighted by atomic mass is 16.5. The van der Waals surface area contributed by atoms with Gasteiger partial charge in [-0.25, -0.2) is 0 Å². The number of aromatic nitrogens is 2. The minimum atomic E-state index is -0.291. The Labute approximate surface area is 196 Å². The van der Waals surface area contributed by atoms with Crippen LogP contribution in [0.15, 0.2) is 73.2 Å². The van der Waals surface area contributed by atoms with E-state index in [1.165, 1.54) is 0 Å². The van der Waals surface area contributed by atoms with Crippen LogP contribution in [0.1, 0.15) is 42.1 Å². The summed E-state index contributed by atoms with van der Waals surface area (Å²) in [6.45, 7) is 5.63. The summed E-state index contributed by atoms with van der Waals surface area (Å²) >= 11 is 0. The number of benzene rings is 2. The van der Waals surface area contributed by atoms with Crippen molar-refractivity contribution >= 4 is 5.91 Å². The molecule has 0 spiro atoms. The zero-order valence-corrected chi connectivity index (χ0v) is 19.2. The molecule has 2 aromatic carbocycles. The van der Waals surface area contributed by atoms with E-state index in [0.29, 0.717) is 6.61 Å². The maximum atomic E-state index is 13.2. The molecule has 172 valence electrons. The van der Waals surface area contributed by atoms with Gasteiger partial charge in [-0.15, -0.1) is 0 Å². The van der Waals surface area contributed by atoms with Crippen LogP contribution in [-0.2, 0) is 4.79 Å². The SMILES string of the molecule is Cc1ccccc1C(NC(=O)C1CCN(CCCOc2ccccc2)CC1)c1cnccn1. The Morgan fingerprint density at radius 3 is 2.58 bits per heavy atom. The molecule has 1 atom stereocenters. The molecule has 0 saturated carbocycles. The topological polar surface area (TPSA) is 67.4 Å². The Hall–Kier alpha value is -3.25. The fourth-order valence-electron chi connectivity index (χ4n) is 4.36. The van der Waals surface area contributed by atoms with Gasteiger partial charge in [-0.3, -0.25) is 14.8 Å². The smallest absolute Gasteiger partial charge is 0.224 e. The van der Waals surface area contributed by atoms with Crippen LogP contribution in [0.5, 0.6) is 5.75 Å². The first-order valence-electron chi connectivity index (χ1n) is 11.7. The van der Waals surface area contributed by atoms with Crippen molar-refractivity contribution in [3.8, 4) is 5.75 Å². The average Bonchev–Trinajstić information content (AvgIpc) is 2.87. The van der Waals surface area contributed by atoms with Crippen molar-refractivity contribution in [3.63, 3.8) is 0 Å². The molecule has 1 unspecified atom stereocenters. The van der Waals surface area contributed by atoms with Crippen LogP contribution in [0.3, 0.4) is 0 Å². The second-order valence-corrected chi connectivity index (χ2v) is 8.56. The third-order valence-corrected chi connectivity index (χ3v) is 6.25. The van der Waals surface area contributed by atoms with Crippen LogP contribution < -0.4 is 10.1 Å². The van der Waals surface area contributed by atoms with Gasteiger partial charge in [0.15, 0.2) is 0 Å². The van der Waals surface area contributed by atoms with E-state index < -0.39 is 0 Å². The number of hydrogen-bond acceptors (Lipinski definition) is 5. The molecule has 1 N–H and O–H groups in total. The van der Waals surface area contributed by atoms with Crippen LogP contribution in [0, 0.1) is 12.8 Å². The molecule has 1 saturated heterocycles. The van der Waals surface area contributed by atoms with Crippen molar-refractivity contribution in [2.75, 3.05) is 26.2 Å². The van der Waals surface area contributed by atoms with Crippen molar-refractivity contribution in [1.29, 1.82) is 0 Å². The monoisotopic (exact) mass is 444 g/mol. The number of aryl methyl sites for hydroxylation is 1. The van der Waals surface area contributed by atoms with Gasteiger partial charge >= 0.3 is 0 Å². The summed E-state index contributed by atoms with van der Waals surface area (Å²) < 4.78 is 5.79. The first-order valence-corrected chi connectivity index (χ1v) is 11.7. The van der Waals surface area contributed by atoms with E-state index in [2.05, 4.69) is 39.2 Å². The van der Waals surface area contributed by atoms with Crippen LogP contribution in [0.25, 0.3) is 0 Å². The van der Waals surface area contributed by atoms with Gasteiger partial charge in [0.25, 0.3) is 0 Å². The van der Waals surface area contributed by atoms with Gasteiger partial charge in [0, 0.05) is 24.9 Å². The van der Waals surface area contributed by atoms with Crippen LogP contribution in [0.4, 0.5) is 0 Å². The van der Waals surface area contributed by atoms with E-state index in [1.807, 2.05) is 42.5 Å². The lowest BCUT2D eigenvalue weighted by Crippen LogP contribution is -2.42. The lowest BCUT2D eigenvalue weighted by atomic mass is 9.93. The molecule has 1 aliphatic rings. The molecule has 0 aliphatic carbocycles. The van der Waals surface area contributed by atoms with Gasteiger partial charge in [-0.2, -0.15) is 0 Å². The molecule has 1 aliphatic heterocycles. The van der Waals surface area contributed by atoms with Crippen molar-refractivity contribution in [3.05, 3.63) is 90.0 Å². The maximum absolute atomic E-state index is 13.2. The number of nitrogens with zero attached hydrogens (tertiary/aromatic N) is 3. The highest BCUT2D eigenvalue weighted by Crippen LogP contribution is 2.25. The molecule has 1 fully saturated rings. The number of ether oxygens (including phenoxy) is 1. The Kier molecular flexibility index (Phi) is 8.04. The lowest BCUT2D eigenvalue weighted by molar-refractivity contribution is -0.127. The van der Waals surface area contributed by atoms with Gasteiger partial charge in [0.05, 0.1) is 24.5 Å². The molecule has 6 nitrogen and oxygen atoms in total. The Morgan fingerprint density at radius 2 is 1.85 bits per heavy atom. The highest BCUT2D eigenvalue weighted by molar-refractivity contribution is 5.79. The average molecular weight is 445 g/mol. The third-order valence-electron chi connectivity index (χ3n) is 6.25.